The van der Waals surface area contributed by atoms with Gasteiger partial charge in [-0.2, -0.15) is 0 Å². The van der Waals surface area contributed by atoms with Crippen LogP contribution in [-0.2, 0) is 23.7 Å². The van der Waals surface area contributed by atoms with Crippen LogP contribution in [0.15, 0.2) is 18.3 Å². The maximum atomic E-state index is 11.4. The highest BCUT2D eigenvalue weighted by Crippen LogP contribution is 2.14. The van der Waals surface area contributed by atoms with Crippen molar-refractivity contribution in [2.24, 2.45) is 0 Å². The van der Waals surface area contributed by atoms with Crippen molar-refractivity contribution in [3.63, 3.8) is 0 Å². The number of methoxy groups -OCH3 is 2. The minimum atomic E-state index is -0.511. The Morgan fingerprint density at radius 3 is 1.89 bits per heavy atom. The molecule has 2 aliphatic rings. The lowest BCUT2D eigenvalue weighted by molar-refractivity contribution is -0.137. The van der Waals surface area contributed by atoms with Crippen molar-refractivity contribution in [1.29, 1.82) is 0 Å². The first-order chi connectivity index (χ1) is 16.8. The van der Waals surface area contributed by atoms with Crippen molar-refractivity contribution in [2.45, 2.75) is 20.8 Å². The van der Waals surface area contributed by atoms with Crippen molar-refractivity contribution < 1.29 is 28.5 Å². The van der Waals surface area contributed by atoms with Crippen LogP contribution in [0.4, 0.5) is 11.6 Å². The topological polar surface area (TPSA) is 129 Å². The number of rotatable bonds is 3. The van der Waals surface area contributed by atoms with E-state index in [1.54, 1.807) is 6.20 Å². The molecular formula is C23H34N6O6. The Hall–Kier alpha value is -3.38. The van der Waals surface area contributed by atoms with Gasteiger partial charge in [0.2, 0.25) is 5.82 Å². The lowest BCUT2D eigenvalue weighted by Gasteiger charge is -2.27. The molecule has 0 saturated carbocycles. The second kappa shape index (κ2) is 14.8. The van der Waals surface area contributed by atoms with E-state index in [4.69, 9.17) is 9.47 Å². The molecule has 0 atom stereocenters. The van der Waals surface area contributed by atoms with E-state index in [1.807, 2.05) is 26.0 Å². The zero-order valence-electron chi connectivity index (χ0n) is 21.0. The summed E-state index contributed by atoms with van der Waals surface area (Å²) in [7, 11) is 2.67. The van der Waals surface area contributed by atoms with Crippen molar-refractivity contribution in [2.75, 3.05) is 76.6 Å². The zero-order chi connectivity index (χ0) is 25.6. The second-order valence-corrected chi connectivity index (χ2v) is 7.54. The Morgan fingerprint density at radius 2 is 1.40 bits per heavy atom. The molecule has 4 rings (SSSR count). The number of esters is 2. The lowest BCUT2D eigenvalue weighted by Crippen LogP contribution is -2.37. The van der Waals surface area contributed by atoms with Crippen molar-refractivity contribution >= 4 is 23.6 Å². The summed E-state index contributed by atoms with van der Waals surface area (Å²) < 4.78 is 19.3. The van der Waals surface area contributed by atoms with Gasteiger partial charge in [-0.25, -0.2) is 24.7 Å². The highest BCUT2D eigenvalue weighted by molar-refractivity contribution is 5.85. The van der Waals surface area contributed by atoms with E-state index in [0.717, 1.165) is 62.5 Å². The normalized spacial score (nSPS) is 15.1. The first-order valence-corrected chi connectivity index (χ1v) is 11.3. The van der Waals surface area contributed by atoms with Gasteiger partial charge in [-0.1, -0.05) is 0 Å². The van der Waals surface area contributed by atoms with Crippen LogP contribution in [0.25, 0.3) is 0 Å². The number of ether oxygens (including phenoxy) is 4. The van der Waals surface area contributed by atoms with Gasteiger partial charge in [0.1, 0.15) is 17.5 Å². The first kappa shape index (κ1) is 27.9. The number of nitrogens with zero attached hydrogens (tertiary/aromatic N) is 6. The van der Waals surface area contributed by atoms with Gasteiger partial charge in [-0.15, -0.1) is 0 Å². The molecule has 0 aliphatic carbocycles. The zero-order valence-corrected chi connectivity index (χ0v) is 21.0. The van der Waals surface area contributed by atoms with Crippen LogP contribution in [-0.4, -0.2) is 98.7 Å². The summed E-state index contributed by atoms with van der Waals surface area (Å²) in [6, 6.07) is 3.80. The predicted octanol–water partition coefficient (Wildman–Crippen LogP) is 1.21. The standard InChI is InChI=1S/C11H15N3O3.C9H13N3O.C3H6O2/c1-8-7-9(14-3-5-17-6-4-14)13-10(12-8)11(15)16-2;1-8-10-3-2-9(11-8)12-4-6-13-7-5-12;1-3(4)5-2/h7H,3-6H2,1-2H3;2-3H,4-7H2,1H3;1-2H3. The highest BCUT2D eigenvalue weighted by Gasteiger charge is 2.17. The summed E-state index contributed by atoms with van der Waals surface area (Å²) in [5.74, 6) is 1.93. The van der Waals surface area contributed by atoms with E-state index in [1.165, 1.54) is 21.1 Å². The predicted molar refractivity (Wildman–Crippen MR) is 129 cm³/mol. The van der Waals surface area contributed by atoms with Gasteiger partial charge in [0.15, 0.2) is 0 Å². The van der Waals surface area contributed by atoms with Crippen molar-refractivity contribution in [1.82, 2.24) is 19.9 Å². The molecule has 0 amide bonds. The monoisotopic (exact) mass is 490 g/mol. The molecule has 2 aromatic heterocycles. The Morgan fingerprint density at radius 1 is 0.857 bits per heavy atom. The summed E-state index contributed by atoms with van der Waals surface area (Å²) in [6.07, 6.45) is 1.80. The highest BCUT2D eigenvalue weighted by atomic mass is 16.5. The SMILES string of the molecule is COC(=O)c1nc(C)cc(N2CCOCC2)n1.COC(C)=O.Cc1nccc(N2CCOCC2)n1. The second-order valence-electron chi connectivity index (χ2n) is 7.54. The molecule has 0 radical (unpaired) electrons. The average Bonchev–Trinajstić information content (AvgIpc) is 2.89. The van der Waals surface area contributed by atoms with E-state index < -0.39 is 5.97 Å². The minimum absolute atomic E-state index is 0.106. The summed E-state index contributed by atoms with van der Waals surface area (Å²) in [5, 5.41) is 0. The summed E-state index contributed by atoms with van der Waals surface area (Å²) in [5.41, 5.74) is 0.752. The van der Waals surface area contributed by atoms with Gasteiger partial charge in [0.25, 0.3) is 0 Å². The molecule has 0 aromatic carbocycles. The Bertz CT molecular complexity index is 948. The molecule has 0 unspecified atom stereocenters. The molecule has 12 nitrogen and oxygen atoms in total. The van der Waals surface area contributed by atoms with E-state index in [0.29, 0.717) is 13.2 Å². The summed E-state index contributed by atoms with van der Waals surface area (Å²) in [4.78, 5) is 42.0. The number of aryl methyl sites for hydroxylation is 2. The fraction of sp³-hybridized carbons (Fsp3) is 0.565. The van der Waals surface area contributed by atoms with Crippen molar-refractivity contribution in [3.8, 4) is 0 Å². The molecule has 4 heterocycles. The van der Waals surface area contributed by atoms with E-state index in [-0.39, 0.29) is 11.8 Å². The Balaban J connectivity index is 0.000000212. The van der Waals surface area contributed by atoms with Crippen molar-refractivity contribution in [3.05, 3.63) is 35.7 Å². The number of carbonyl (C=O) groups excluding carboxylic acids is 2. The Labute approximate surface area is 205 Å². The molecule has 2 aliphatic heterocycles. The number of hydrogen-bond donors (Lipinski definition) is 0. The van der Waals surface area contributed by atoms with Gasteiger partial charge in [0, 0.05) is 51.1 Å². The molecule has 35 heavy (non-hydrogen) atoms. The lowest BCUT2D eigenvalue weighted by atomic mass is 10.3. The van der Waals surface area contributed by atoms with E-state index in [2.05, 4.69) is 39.2 Å². The van der Waals surface area contributed by atoms with Crippen LogP contribution in [0.3, 0.4) is 0 Å². The van der Waals surface area contributed by atoms with Crippen LogP contribution in [0.5, 0.6) is 0 Å². The summed E-state index contributed by atoms with van der Waals surface area (Å²) >= 11 is 0. The molecule has 2 saturated heterocycles. The molecule has 12 heteroatoms. The molecule has 0 N–H and O–H groups in total. The van der Waals surface area contributed by atoms with Crippen LogP contribution in [0.2, 0.25) is 0 Å². The fourth-order valence-electron chi connectivity index (χ4n) is 3.10. The molecule has 0 spiro atoms. The average molecular weight is 491 g/mol. The van der Waals surface area contributed by atoms with Crippen LogP contribution in [0, 0.1) is 13.8 Å². The largest absolute Gasteiger partial charge is 0.469 e. The van der Waals surface area contributed by atoms with Gasteiger partial charge in [0.05, 0.1) is 40.6 Å². The number of hydrogen-bond acceptors (Lipinski definition) is 12. The molecule has 192 valence electrons. The van der Waals surface area contributed by atoms with Gasteiger partial charge in [-0.05, 0) is 19.9 Å². The van der Waals surface area contributed by atoms with Crippen LogP contribution in [0.1, 0.15) is 29.1 Å². The fourth-order valence-corrected chi connectivity index (χ4v) is 3.10. The maximum absolute atomic E-state index is 11.4. The van der Waals surface area contributed by atoms with Crippen LogP contribution < -0.4 is 9.80 Å². The third kappa shape index (κ3) is 9.79. The summed E-state index contributed by atoms with van der Waals surface area (Å²) in [6.45, 7) is 11.4. The molecule has 2 fully saturated rings. The minimum Gasteiger partial charge on any atom is -0.469 e. The third-order valence-electron chi connectivity index (χ3n) is 4.93. The first-order valence-electron chi connectivity index (χ1n) is 11.3. The van der Waals surface area contributed by atoms with E-state index in [9.17, 15) is 9.59 Å². The number of anilines is 2. The molecule has 0 bridgehead atoms. The maximum Gasteiger partial charge on any atom is 0.376 e. The van der Waals surface area contributed by atoms with Gasteiger partial charge >= 0.3 is 11.9 Å². The molecule has 2 aromatic rings. The smallest absolute Gasteiger partial charge is 0.376 e. The molecular weight excluding hydrogens is 456 g/mol. The quantitative estimate of drug-likeness (QED) is 0.573. The van der Waals surface area contributed by atoms with Gasteiger partial charge < -0.3 is 28.7 Å². The third-order valence-corrected chi connectivity index (χ3v) is 4.93. The number of carbonyl (C=O) groups is 2. The van der Waals surface area contributed by atoms with E-state index >= 15 is 0 Å². The number of morpholine rings is 2. The van der Waals surface area contributed by atoms with Crippen LogP contribution >= 0.6 is 0 Å². The Kier molecular flexibility index (Phi) is 11.8. The number of aromatic nitrogens is 4. The van der Waals surface area contributed by atoms with Gasteiger partial charge in [-0.3, -0.25) is 4.79 Å².